The Kier molecular flexibility index (Phi) is 3.31. The molecule has 0 aliphatic carbocycles. The Bertz CT molecular complexity index is 294. The maximum atomic E-state index is 10.4. The number of carboxylic acid groups (broad SMARTS) is 1. The highest BCUT2D eigenvalue weighted by molar-refractivity contribution is 5.70. The average Bonchev–Trinajstić information content (AvgIpc) is 2.04. The fourth-order valence-corrected chi connectivity index (χ4v) is 1.02. The van der Waals surface area contributed by atoms with E-state index in [9.17, 15) is 4.79 Å². The van der Waals surface area contributed by atoms with Gasteiger partial charge in [-0.05, 0) is 17.7 Å². The van der Waals surface area contributed by atoms with E-state index >= 15 is 0 Å². The van der Waals surface area contributed by atoms with E-state index in [0.29, 0.717) is 11.3 Å². The molecule has 1 aromatic rings. The van der Waals surface area contributed by atoms with Gasteiger partial charge in [-0.1, -0.05) is 12.1 Å². The van der Waals surface area contributed by atoms with E-state index in [-0.39, 0.29) is 13.0 Å². The second-order valence-electron chi connectivity index (χ2n) is 2.53. The van der Waals surface area contributed by atoms with Crippen molar-refractivity contribution in [2.24, 2.45) is 0 Å². The number of carbonyl (C=O) groups is 1. The molecule has 0 aromatic heterocycles. The van der Waals surface area contributed by atoms with Crippen LogP contribution in [0.15, 0.2) is 24.3 Å². The minimum atomic E-state index is -0.857. The van der Waals surface area contributed by atoms with Gasteiger partial charge in [-0.25, -0.2) is 0 Å². The molecule has 3 nitrogen and oxygen atoms in total. The fourth-order valence-electron chi connectivity index (χ4n) is 1.02. The Morgan fingerprint density at radius 1 is 1.54 bits per heavy atom. The summed E-state index contributed by atoms with van der Waals surface area (Å²) in [6.45, 7) is 5.27. The van der Waals surface area contributed by atoms with Crippen LogP contribution in [0.2, 0.25) is 0 Å². The highest BCUT2D eigenvalue weighted by Crippen LogP contribution is 2.13. The van der Waals surface area contributed by atoms with E-state index in [0.717, 1.165) is 0 Å². The molecule has 0 saturated heterocycles. The maximum Gasteiger partial charge on any atom is 0.307 e. The minimum Gasteiger partial charge on any atom is -0.493 e. The maximum absolute atomic E-state index is 10.4. The molecule has 0 amide bonds. The molecule has 0 saturated carbocycles. The molecule has 1 aromatic carbocycles. The molecule has 1 rings (SSSR count). The zero-order valence-corrected chi connectivity index (χ0v) is 7.06. The number of hydrogen-bond acceptors (Lipinski definition) is 2. The van der Waals surface area contributed by atoms with Gasteiger partial charge in [0.05, 0.1) is 13.0 Å². The summed E-state index contributed by atoms with van der Waals surface area (Å²) in [5, 5.41) is 8.52. The third-order valence-electron chi connectivity index (χ3n) is 1.50. The van der Waals surface area contributed by atoms with Gasteiger partial charge in [-0.15, -0.1) is 0 Å². The molecular weight excluding hydrogens is 168 g/mol. The Morgan fingerprint density at radius 3 is 2.92 bits per heavy atom. The van der Waals surface area contributed by atoms with Crippen LogP contribution in [0.4, 0.5) is 0 Å². The Balaban J connectivity index is 2.73. The molecule has 68 valence electrons. The lowest BCUT2D eigenvalue weighted by Crippen LogP contribution is -2.00. The van der Waals surface area contributed by atoms with Crippen molar-refractivity contribution in [2.75, 3.05) is 6.61 Å². The molecule has 0 atom stereocenters. The molecular formula is C10H10O3. The van der Waals surface area contributed by atoms with Crippen molar-refractivity contribution in [1.82, 2.24) is 0 Å². The normalized spacial score (nSPS) is 9.62. The molecule has 2 radical (unpaired) electrons. The second-order valence-corrected chi connectivity index (χ2v) is 2.53. The lowest BCUT2D eigenvalue weighted by Gasteiger charge is -2.03. The van der Waals surface area contributed by atoms with Crippen LogP contribution >= 0.6 is 0 Å². The predicted molar refractivity (Wildman–Crippen MR) is 47.6 cm³/mol. The van der Waals surface area contributed by atoms with E-state index in [2.05, 4.69) is 0 Å². The summed E-state index contributed by atoms with van der Waals surface area (Å²) < 4.78 is 5.01. The van der Waals surface area contributed by atoms with Crippen molar-refractivity contribution in [3.8, 4) is 5.75 Å². The molecule has 1 N–H and O–H groups in total. The largest absolute Gasteiger partial charge is 0.493 e. The summed E-state index contributed by atoms with van der Waals surface area (Å²) in [4.78, 5) is 10.4. The van der Waals surface area contributed by atoms with Gasteiger partial charge in [0.1, 0.15) is 5.75 Å². The number of aliphatic carboxylic acids is 1. The van der Waals surface area contributed by atoms with E-state index in [1.807, 2.05) is 0 Å². The monoisotopic (exact) mass is 178 g/mol. The van der Waals surface area contributed by atoms with Gasteiger partial charge in [0.2, 0.25) is 0 Å². The van der Waals surface area contributed by atoms with E-state index in [1.165, 1.54) is 0 Å². The molecule has 0 aliphatic rings. The van der Waals surface area contributed by atoms with Crippen molar-refractivity contribution in [3.05, 3.63) is 36.8 Å². The van der Waals surface area contributed by atoms with Gasteiger partial charge in [0.25, 0.3) is 0 Å². The smallest absolute Gasteiger partial charge is 0.307 e. The highest BCUT2D eigenvalue weighted by Gasteiger charge is 2.00. The van der Waals surface area contributed by atoms with Crippen molar-refractivity contribution in [3.63, 3.8) is 0 Å². The quantitative estimate of drug-likeness (QED) is 0.758. The van der Waals surface area contributed by atoms with Gasteiger partial charge in [0, 0.05) is 6.92 Å². The van der Waals surface area contributed by atoms with E-state index in [4.69, 9.17) is 16.8 Å². The van der Waals surface area contributed by atoms with Crippen LogP contribution in [0.1, 0.15) is 5.56 Å². The zero-order valence-electron chi connectivity index (χ0n) is 7.06. The van der Waals surface area contributed by atoms with Crippen molar-refractivity contribution < 1.29 is 14.6 Å². The number of ether oxygens (including phenoxy) is 1. The number of carboxylic acids is 1. The predicted octanol–water partition coefficient (Wildman–Crippen LogP) is 1.40. The lowest BCUT2D eigenvalue weighted by molar-refractivity contribution is -0.136. The van der Waals surface area contributed by atoms with Gasteiger partial charge in [-0.3, -0.25) is 4.79 Å². The molecule has 0 bridgehead atoms. The zero-order chi connectivity index (χ0) is 9.68. The summed E-state index contributed by atoms with van der Waals surface area (Å²) in [6, 6.07) is 6.87. The van der Waals surface area contributed by atoms with Gasteiger partial charge in [0.15, 0.2) is 0 Å². The van der Waals surface area contributed by atoms with E-state index < -0.39 is 5.97 Å². The first kappa shape index (κ1) is 9.58. The first-order chi connectivity index (χ1) is 6.22. The Morgan fingerprint density at radius 2 is 2.31 bits per heavy atom. The van der Waals surface area contributed by atoms with Gasteiger partial charge >= 0.3 is 5.97 Å². The molecule has 0 spiro atoms. The summed E-state index contributed by atoms with van der Waals surface area (Å²) in [6.07, 6.45) is 0.00176. The molecule has 0 aliphatic heterocycles. The topological polar surface area (TPSA) is 46.5 Å². The summed E-state index contributed by atoms with van der Waals surface area (Å²) in [5.41, 5.74) is 0.707. The Labute approximate surface area is 77.0 Å². The average molecular weight is 178 g/mol. The highest BCUT2D eigenvalue weighted by atomic mass is 16.5. The molecule has 3 heteroatoms. The van der Waals surface area contributed by atoms with Crippen LogP contribution in [-0.2, 0) is 11.2 Å². The minimum absolute atomic E-state index is 0.00176. The van der Waals surface area contributed by atoms with Crippen LogP contribution in [0.3, 0.4) is 0 Å². The molecule has 0 heterocycles. The fraction of sp³-hybridized carbons (Fsp3) is 0.200. The van der Waals surface area contributed by atoms with Crippen LogP contribution in [-0.4, -0.2) is 17.7 Å². The van der Waals surface area contributed by atoms with E-state index in [1.54, 1.807) is 24.3 Å². The molecule has 13 heavy (non-hydrogen) atoms. The number of hydrogen-bond donors (Lipinski definition) is 1. The summed E-state index contributed by atoms with van der Waals surface area (Å²) in [7, 11) is 0. The Hall–Kier alpha value is -1.51. The van der Waals surface area contributed by atoms with Crippen LogP contribution < -0.4 is 4.74 Å². The third kappa shape index (κ3) is 3.15. The summed E-state index contributed by atoms with van der Waals surface area (Å²) in [5.74, 6) is -0.258. The van der Waals surface area contributed by atoms with Crippen LogP contribution in [0.5, 0.6) is 5.75 Å². The SMILES string of the molecule is [CH]COc1cccc(CC(=O)O)c1. The van der Waals surface area contributed by atoms with Gasteiger partial charge in [-0.2, -0.15) is 0 Å². The lowest BCUT2D eigenvalue weighted by atomic mass is 10.1. The number of rotatable bonds is 4. The first-order valence-electron chi connectivity index (χ1n) is 3.86. The molecule has 0 fully saturated rings. The third-order valence-corrected chi connectivity index (χ3v) is 1.50. The molecule has 0 unspecified atom stereocenters. The summed E-state index contributed by atoms with van der Waals surface area (Å²) >= 11 is 0. The number of benzene rings is 1. The van der Waals surface area contributed by atoms with Crippen LogP contribution in [0.25, 0.3) is 0 Å². The van der Waals surface area contributed by atoms with Crippen LogP contribution in [0, 0.1) is 6.92 Å². The second kappa shape index (κ2) is 4.50. The standard InChI is InChI=1S/C10H10O3/c1-2-13-9-5-3-4-8(6-9)7-10(11)12/h1,3-6H,2,7H2,(H,11,12). The van der Waals surface area contributed by atoms with Gasteiger partial charge < -0.3 is 9.84 Å². The van der Waals surface area contributed by atoms with Crippen molar-refractivity contribution in [1.29, 1.82) is 0 Å². The van der Waals surface area contributed by atoms with Crippen molar-refractivity contribution in [2.45, 2.75) is 6.42 Å². The van der Waals surface area contributed by atoms with Crippen molar-refractivity contribution >= 4 is 5.97 Å². The first-order valence-corrected chi connectivity index (χ1v) is 3.86.